The molecule has 1 rings (SSSR count). The van der Waals surface area contributed by atoms with E-state index in [-0.39, 0.29) is 10.4 Å². The Kier molecular flexibility index (Phi) is 5.36. The minimum Gasteiger partial charge on any atom is -0.323 e. The smallest absolute Gasteiger partial charge is 0.323 e. The summed E-state index contributed by atoms with van der Waals surface area (Å²) in [4.78, 5) is 9.73. The van der Waals surface area contributed by atoms with E-state index in [4.69, 9.17) is 4.52 Å². The molecule has 14 heavy (non-hydrogen) atoms. The molecule has 1 saturated heterocycles. The van der Waals surface area contributed by atoms with Crippen LogP contribution in [0.5, 0.6) is 0 Å². The topological polar surface area (TPSA) is 46.5 Å². The number of hydrogen-bond donors (Lipinski definition) is 1. The fraction of sp³-hybridized carbons (Fsp3) is 1.00. The van der Waals surface area contributed by atoms with Gasteiger partial charge in [-0.05, 0) is 31.3 Å². The molecule has 2 unspecified atom stereocenters. The van der Waals surface area contributed by atoms with E-state index < -0.39 is 7.60 Å². The maximum Gasteiger partial charge on any atom is 0.351 e. The zero-order valence-electron chi connectivity index (χ0n) is 8.51. The van der Waals surface area contributed by atoms with Gasteiger partial charge in [0.25, 0.3) is 0 Å². The number of hydrogen-bond acceptors (Lipinski definition) is 4. The number of rotatable bonds is 4. The summed E-state index contributed by atoms with van der Waals surface area (Å²) in [5.74, 6) is 1.93. The quantitative estimate of drug-likeness (QED) is 0.783. The first kappa shape index (κ1) is 12.9. The van der Waals surface area contributed by atoms with Gasteiger partial charge in [-0.3, -0.25) is 4.57 Å². The van der Waals surface area contributed by atoms with E-state index in [2.05, 4.69) is 0 Å². The van der Waals surface area contributed by atoms with E-state index in [0.29, 0.717) is 0 Å². The molecule has 1 N–H and O–H groups in total. The molecule has 3 nitrogen and oxygen atoms in total. The molecular formula is C8H17O3PS2. The molecule has 0 radical (unpaired) electrons. The molecule has 0 bridgehead atoms. The Balaban J connectivity index is 2.49. The highest BCUT2D eigenvalue weighted by Gasteiger charge is 2.36. The molecule has 0 amide bonds. The SMILES string of the molecule is CCC(C)OP(=O)(O)C1SCCCS1. The second-order valence-corrected chi connectivity index (χ2v) is 8.57. The van der Waals surface area contributed by atoms with Gasteiger partial charge in [0.2, 0.25) is 0 Å². The monoisotopic (exact) mass is 256 g/mol. The Bertz CT molecular complexity index is 219. The van der Waals surface area contributed by atoms with E-state index in [1.54, 1.807) is 23.5 Å². The molecule has 0 aromatic carbocycles. The second-order valence-electron chi connectivity index (χ2n) is 3.29. The minimum absolute atomic E-state index is 0.131. The maximum atomic E-state index is 11.8. The van der Waals surface area contributed by atoms with Crippen LogP contribution in [0.3, 0.4) is 0 Å². The predicted octanol–water partition coefficient (Wildman–Crippen LogP) is 3.14. The average molecular weight is 256 g/mol. The van der Waals surface area contributed by atoms with Crippen LogP contribution >= 0.6 is 31.1 Å². The van der Waals surface area contributed by atoms with Crippen LogP contribution in [-0.4, -0.2) is 26.8 Å². The Morgan fingerprint density at radius 2 is 2.14 bits per heavy atom. The molecule has 0 spiro atoms. The van der Waals surface area contributed by atoms with Gasteiger partial charge in [-0.15, -0.1) is 23.5 Å². The molecule has 0 saturated carbocycles. The lowest BCUT2D eigenvalue weighted by Crippen LogP contribution is -2.13. The van der Waals surface area contributed by atoms with E-state index >= 15 is 0 Å². The van der Waals surface area contributed by atoms with Gasteiger partial charge in [0.1, 0.15) is 0 Å². The summed E-state index contributed by atoms with van der Waals surface area (Å²) in [6, 6.07) is 0. The van der Waals surface area contributed by atoms with Crippen molar-refractivity contribution in [3.8, 4) is 0 Å². The van der Waals surface area contributed by atoms with E-state index in [1.165, 1.54) is 0 Å². The zero-order chi connectivity index (χ0) is 10.6. The van der Waals surface area contributed by atoms with Crippen LogP contribution in [0.15, 0.2) is 0 Å². The highest BCUT2D eigenvalue weighted by atomic mass is 32.2. The highest BCUT2D eigenvalue weighted by molar-refractivity contribution is 8.24. The third-order valence-corrected chi connectivity index (χ3v) is 8.11. The molecule has 2 atom stereocenters. The van der Waals surface area contributed by atoms with Crippen LogP contribution in [0.2, 0.25) is 0 Å². The van der Waals surface area contributed by atoms with Gasteiger partial charge in [-0.2, -0.15) is 0 Å². The molecular weight excluding hydrogens is 239 g/mol. The zero-order valence-corrected chi connectivity index (χ0v) is 11.0. The standard InChI is InChI=1S/C8H17O3PS2/c1-3-7(2)11-12(9,10)8-13-5-4-6-14-8/h7-8H,3-6H2,1-2H3,(H,9,10). The van der Waals surface area contributed by atoms with Crippen molar-refractivity contribution in [3.05, 3.63) is 0 Å². The van der Waals surface area contributed by atoms with Gasteiger partial charge in [0.05, 0.1) is 6.10 Å². The van der Waals surface area contributed by atoms with Gasteiger partial charge < -0.3 is 9.42 Å². The van der Waals surface area contributed by atoms with Gasteiger partial charge in [0.15, 0.2) is 4.32 Å². The van der Waals surface area contributed by atoms with Crippen molar-refractivity contribution >= 4 is 31.1 Å². The molecule has 1 aliphatic rings. The summed E-state index contributed by atoms with van der Waals surface area (Å²) in [5, 5.41) is 0. The van der Waals surface area contributed by atoms with Crippen molar-refractivity contribution in [2.24, 2.45) is 0 Å². The molecule has 1 heterocycles. The second kappa shape index (κ2) is 5.80. The van der Waals surface area contributed by atoms with E-state index in [9.17, 15) is 9.46 Å². The first-order chi connectivity index (χ1) is 6.56. The molecule has 0 aromatic rings. The van der Waals surface area contributed by atoms with Crippen LogP contribution in [-0.2, 0) is 9.09 Å². The van der Waals surface area contributed by atoms with Crippen molar-refractivity contribution in [2.45, 2.75) is 37.1 Å². The summed E-state index contributed by atoms with van der Waals surface area (Å²) in [6.45, 7) is 3.78. The Hall–Kier alpha value is 0.850. The third-order valence-electron chi connectivity index (χ3n) is 1.98. The predicted molar refractivity (Wildman–Crippen MR) is 64.0 cm³/mol. The van der Waals surface area contributed by atoms with Crippen molar-refractivity contribution in [1.82, 2.24) is 0 Å². The van der Waals surface area contributed by atoms with Crippen molar-refractivity contribution in [2.75, 3.05) is 11.5 Å². The maximum absolute atomic E-state index is 11.8. The summed E-state index contributed by atoms with van der Waals surface area (Å²) in [7, 11) is -3.41. The minimum atomic E-state index is -3.41. The normalized spacial score (nSPS) is 25.6. The highest BCUT2D eigenvalue weighted by Crippen LogP contribution is 2.59. The van der Waals surface area contributed by atoms with Crippen molar-refractivity contribution < 1.29 is 14.0 Å². The lowest BCUT2D eigenvalue weighted by molar-refractivity contribution is 0.187. The lowest BCUT2D eigenvalue weighted by atomic mass is 10.3. The van der Waals surface area contributed by atoms with Gasteiger partial charge in [-0.1, -0.05) is 6.92 Å². The Labute approximate surface area is 93.9 Å². The molecule has 84 valence electrons. The van der Waals surface area contributed by atoms with Gasteiger partial charge in [0, 0.05) is 0 Å². The Morgan fingerprint density at radius 1 is 1.57 bits per heavy atom. The number of thioether (sulfide) groups is 2. The van der Waals surface area contributed by atoms with Crippen molar-refractivity contribution in [1.29, 1.82) is 0 Å². The van der Waals surface area contributed by atoms with Gasteiger partial charge >= 0.3 is 7.60 Å². The summed E-state index contributed by atoms with van der Waals surface area (Å²) in [6.07, 6.45) is 1.76. The molecule has 1 aliphatic heterocycles. The summed E-state index contributed by atoms with van der Waals surface area (Å²) >= 11 is 3.09. The molecule has 6 heteroatoms. The molecule has 1 fully saturated rings. The first-order valence-corrected chi connectivity index (χ1v) is 8.54. The average Bonchev–Trinajstić information content (AvgIpc) is 2.18. The fourth-order valence-corrected chi connectivity index (χ4v) is 6.42. The van der Waals surface area contributed by atoms with Crippen molar-refractivity contribution in [3.63, 3.8) is 0 Å². The van der Waals surface area contributed by atoms with Crippen LogP contribution in [0.4, 0.5) is 0 Å². The largest absolute Gasteiger partial charge is 0.351 e. The molecule has 0 aromatic heterocycles. The summed E-state index contributed by atoms with van der Waals surface area (Å²) < 4.78 is 16.8. The third kappa shape index (κ3) is 3.78. The van der Waals surface area contributed by atoms with Crippen LogP contribution < -0.4 is 0 Å². The lowest BCUT2D eigenvalue weighted by Gasteiger charge is -2.26. The van der Waals surface area contributed by atoms with Crippen LogP contribution in [0.1, 0.15) is 26.7 Å². The summed E-state index contributed by atoms with van der Waals surface area (Å²) in [5.41, 5.74) is 0. The fourth-order valence-electron chi connectivity index (χ4n) is 1.05. The van der Waals surface area contributed by atoms with E-state index in [1.807, 2.05) is 13.8 Å². The van der Waals surface area contributed by atoms with Crippen LogP contribution in [0.25, 0.3) is 0 Å². The first-order valence-electron chi connectivity index (χ1n) is 4.80. The molecule has 0 aliphatic carbocycles. The Morgan fingerprint density at radius 3 is 2.64 bits per heavy atom. The van der Waals surface area contributed by atoms with Gasteiger partial charge in [-0.25, -0.2) is 0 Å². The van der Waals surface area contributed by atoms with E-state index in [0.717, 1.165) is 24.3 Å². The van der Waals surface area contributed by atoms with Crippen LogP contribution in [0, 0.1) is 0 Å².